The van der Waals surface area contributed by atoms with E-state index in [1.807, 2.05) is 31.2 Å². The molecule has 2 aliphatic carbocycles. The molecule has 2 unspecified atom stereocenters. The fourth-order valence-corrected chi connectivity index (χ4v) is 3.74. The van der Waals surface area contributed by atoms with Crippen molar-refractivity contribution >= 4 is 17.3 Å². The first-order valence-electron chi connectivity index (χ1n) is 8.46. The van der Waals surface area contributed by atoms with Crippen molar-refractivity contribution in [3.63, 3.8) is 0 Å². The molecule has 0 aromatic heterocycles. The van der Waals surface area contributed by atoms with Gasteiger partial charge in [0.1, 0.15) is 0 Å². The zero-order valence-corrected chi connectivity index (χ0v) is 13.5. The minimum absolute atomic E-state index is 0.0488. The van der Waals surface area contributed by atoms with Crippen molar-refractivity contribution < 1.29 is 9.53 Å². The minimum Gasteiger partial charge on any atom is -0.382 e. The van der Waals surface area contributed by atoms with E-state index in [0.717, 1.165) is 24.4 Å². The largest absolute Gasteiger partial charge is 0.382 e. The summed E-state index contributed by atoms with van der Waals surface area (Å²) in [5.74, 6) is 0.0488. The molecule has 2 N–H and O–H groups in total. The van der Waals surface area contributed by atoms with E-state index in [-0.39, 0.29) is 5.91 Å². The van der Waals surface area contributed by atoms with E-state index in [2.05, 4.69) is 17.6 Å². The number of carbonyl (C=O) groups excluding carboxylic acids is 1. The topological polar surface area (TPSA) is 50.4 Å². The number of hydrogen-bond donors (Lipinski definition) is 2. The van der Waals surface area contributed by atoms with Gasteiger partial charge in [-0.2, -0.15) is 0 Å². The van der Waals surface area contributed by atoms with E-state index in [4.69, 9.17) is 4.74 Å². The number of amides is 1. The zero-order chi connectivity index (χ0) is 15.6. The number of ether oxygens (including phenoxy) is 1. The van der Waals surface area contributed by atoms with Gasteiger partial charge in [0.25, 0.3) is 0 Å². The van der Waals surface area contributed by atoms with Crippen molar-refractivity contribution in [2.75, 3.05) is 17.2 Å². The number of anilines is 2. The van der Waals surface area contributed by atoms with Gasteiger partial charge in [0.15, 0.2) is 0 Å². The fraction of sp³-hybridized carbons (Fsp3) is 0.611. The molecule has 2 aliphatic rings. The molecule has 4 nitrogen and oxygen atoms in total. The van der Waals surface area contributed by atoms with Crippen LogP contribution in [0.1, 0.15) is 46.0 Å². The first kappa shape index (κ1) is 15.3. The quantitative estimate of drug-likeness (QED) is 0.840. The summed E-state index contributed by atoms with van der Waals surface area (Å²) in [5.41, 5.74) is 2.35. The molecule has 120 valence electrons. The summed E-state index contributed by atoms with van der Waals surface area (Å²) in [6.07, 6.45) is 5.92. The number of rotatable bonds is 6. The maximum absolute atomic E-state index is 11.4. The summed E-state index contributed by atoms with van der Waals surface area (Å²) in [5, 5.41) is 6.54. The lowest BCUT2D eigenvalue weighted by Gasteiger charge is -2.61. The number of nitrogens with one attached hydrogen (secondary N) is 2. The Balaban J connectivity index is 1.59. The number of hydrogen-bond acceptors (Lipinski definition) is 3. The molecule has 0 bridgehead atoms. The maximum atomic E-state index is 11.4. The van der Waals surface area contributed by atoms with Crippen molar-refractivity contribution in [2.45, 2.75) is 58.1 Å². The molecular weight excluding hydrogens is 276 g/mol. The lowest BCUT2D eigenvalue weighted by Crippen LogP contribution is -2.64. The molecule has 0 heterocycles. The molecule has 3 rings (SSSR count). The van der Waals surface area contributed by atoms with Crippen LogP contribution in [0.25, 0.3) is 0 Å². The van der Waals surface area contributed by atoms with E-state index < -0.39 is 0 Å². The van der Waals surface area contributed by atoms with Gasteiger partial charge in [-0.25, -0.2) is 0 Å². The fourth-order valence-electron chi connectivity index (χ4n) is 3.74. The van der Waals surface area contributed by atoms with E-state index in [0.29, 0.717) is 24.0 Å². The Hall–Kier alpha value is -1.55. The highest BCUT2D eigenvalue weighted by Gasteiger charge is 2.58. The lowest BCUT2D eigenvalue weighted by atomic mass is 9.51. The predicted molar refractivity (Wildman–Crippen MR) is 89.1 cm³/mol. The molecule has 2 fully saturated rings. The SMILES string of the molecule is CCOC1CC(Nc2ccc(NC(=O)CC)cc2)C12CCC2. The molecule has 1 aromatic carbocycles. The molecule has 1 spiro atoms. The van der Waals surface area contributed by atoms with Gasteiger partial charge in [0.2, 0.25) is 5.91 Å². The van der Waals surface area contributed by atoms with Crippen LogP contribution in [0.5, 0.6) is 0 Å². The Bertz CT molecular complexity index is 522. The van der Waals surface area contributed by atoms with Gasteiger partial charge in [-0.05, 0) is 50.5 Å². The first-order valence-corrected chi connectivity index (χ1v) is 8.46. The summed E-state index contributed by atoms with van der Waals surface area (Å²) in [4.78, 5) is 11.4. The average molecular weight is 302 g/mol. The Morgan fingerprint density at radius 2 is 1.91 bits per heavy atom. The summed E-state index contributed by atoms with van der Waals surface area (Å²) in [6.45, 7) is 4.75. The van der Waals surface area contributed by atoms with Gasteiger partial charge in [0, 0.05) is 35.9 Å². The third kappa shape index (κ3) is 2.72. The molecule has 1 aromatic rings. The van der Waals surface area contributed by atoms with Crippen LogP contribution in [0.4, 0.5) is 11.4 Å². The van der Waals surface area contributed by atoms with Gasteiger partial charge < -0.3 is 15.4 Å². The van der Waals surface area contributed by atoms with Crippen molar-refractivity contribution in [1.82, 2.24) is 0 Å². The number of benzene rings is 1. The highest BCUT2D eigenvalue weighted by molar-refractivity contribution is 5.90. The molecule has 2 atom stereocenters. The Kier molecular flexibility index (Phi) is 4.39. The summed E-state index contributed by atoms with van der Waals surface area (Å²) in [7, 11) is 0. The van der Waals surface area contributed by atoms with Gasteiger partial charge in [-0.15, -0.1) is 0 Å². The predicted octanol–water partition coefficient (Wildman–Crippen LogP) is 3.79. The van der Waals surface area contributed by atoms with Gasteiger partial charge in [0.05, 0.1) is 6.10 Å². The zero-order valence-electron chi connectivity index (χ0n) is 13.5. The van der Waals surface area contributed by atoms with Crippen molar-refractivity contribution in [3.05, 3.63) is 24.3 Å². The van der Waals surface area contributed by atoms with Crippen LogP contribution < -0.4 is 10.6 Å². The van der Waals surface area contributed by atoms with Crippen LogP contribution in [0.2, 0.25) is 0 Å². The first-order chi connectivity index (χ1) is 10.7. The van der Waals surface area contributed by atoms with Gasteiger partial charge in [-0.1, -0.05) is 13.3 Å². The molecule has 4 heteroatoms. The normalized spacial score (nSPS) is 25.2. The smallest absolute Gasteiger partial charge is 0.224 e. The Morgan fingerprint density at radius 3 is 2.45 bits per heavy atom. The third-order valence-corrected chi connectivity index (χ3v) is 5.27. The van der Waals surface area contributed by atoms with Crippen LogP contribution >= 0.6 is 0 Å². The molecule has 0 radical (unpaired) electrons. The van der Waals surface area contributed by atoms with Crippen molar-refractivity contribution in [3.8, 4) is 0 Å². The van der Waals surface area contributed by atoms with Crippen molar-refractivity contribution in [2.24, 2.45) is 5.41 Å². The van der Waals surface area contributed by atoms with Crippen LogP contribution in [0, 0.1) is 5.41 Å². The van der Waals surface area contributed by atoms with E-state index in [9.17, 15) is 4.79 Å². The Morgan fingerprint density at radius 1 is 1.23 bits per heavy atom. The summed E-state index contributed by atoms with van der Waals surface area (Å²) >= 11 is 0. The van der Waals surface area contributed by atoms with Crippen LogP contribution in [0.3, 0.4) is 0 Å². The van der Waals surface area contributed by atoms with Crippen LogP contribution in [-0.2, 0) is 9.53 Å². The minimum atomic E-state index is 0.0488. The standard InChI is InChI=1S/C18H26N2O2/c1-3-17(21)20-14-8-6-13(7-9-14)19-15-12-16(22-4-2)18(15)10-5-11-18/h6-9,15-16,19H,3-5,10-12H2,1-2H3,(H,20,21). The molecule has 22 heavy (non-hydrogen) atoms. The van der Waals surface area contributed by atoms with E-state index >= 15 is 0 Å². The molecule has 0 saturated heterocycles. The summed E-state index contributed by atoms with van der Waals surface area (Å²) in [6, 6.07) is 8.54. The lowest BCUT2D eigenvalue weighted by molar-refractivity contribution is -0.157. The van der Waals surface area contributed by atoms with Crippen LogP contribution in [0.15, 0.2) is 24.3 Å². The monoisotopic (exact) mass is 302 g/mol. The highest BCUT2D eigenvalue weighted by atomic mass is 16.5. The van der Waals surface area contributed by atoms with E-state index in [1.165, 1.54) is 19.3 Å². The molecule has 2 saturated carbocycles. The highest BCUT2D eigenvalue weighted by Crippen LogP contribution is 2.58. The van der Waals surface area contributed by atoms with E-state index in [1.54, 1.807) is 0 Å². The third-order valence-electron chi connectivity index (χ3n) is 5.27. The molecule has 0 aliphatic heterocycles. The van der Waals surface area contributed by atoms with Gasteiger partial charge >= 0.3 is 0 Å². The molecular formula is C18H26N2O2. The van der Waals surface area contributed by atoms with Crippen LogP contribution in [-0.4, -0.2) is 24.7 Å². The summed E-state index contributed by atoms with van der Waals surface area (Å²) < 4.78 is 5.89. The second-order valence-corrected chi connectivity index (χ2v) is 6.44. The second kappa shape index (κ2) is 6.29. The van der Waals surface area contributed by atoms with Gasteiger partial charge in [-0.3, -0.25) is 4.79 Å². The van der Waals surface area contributed by atoms with Crippen molar-refractivity contribution in [1.29, 1.82) is 0 Å². The Labute approximate surface area is 132 Å². The average Bonchev–Trinajstić information content (AvgIpc) is 2.46. The number of carbonyl (C=O) groups is 1. The molecule has 1 amide bonds. The second-order valence-electron chi connectivity index (χ2n) is 6.44. The maximum Gasteiger partial charge on any atom is 0.224 e.